The van der Waals surface area contributed by atoms with Crippen LogP contribution in [0, 0.1) is 5.82 Å². The Morgan fingerprint density at radius 1 is 1.19 bits per heavy atom. The molecule has 194 valence electrons. The van der Waals surface area contributed by atoms with E-state index in [2.05, 4.69) is 4.98 Å². The molecule has 2 N–H and O–H groups in total. The van der Waals surface area contributed by atoms with E-state index >= 15 is 0 Å². The molecule has 2 amide bonds. The molecule has 0 bridgehead atoms. The van der Waals surface area contributed by atoms with Crippen molar-refractivity contribution in [3.63, 3.8) is 0 Å². The number of amides is 2. The number of nitrogens with zero attached hydrogens (tertiary/aromatic N) is 3. The normalized spacial score (nSPS) is 15.9. The smallest absolute Gasteiger partial charge is 0.253 e. The number of hydrogen-bond donors (Lipinski definition) is 1. The van der Waals surface area contributed by atoms with Crippen LogP contribution in [0.1, 0.15) is 42.3 Å². The van der Waals surface area contributed by atoms with E-state index in [9.17, 15) is 14.0 Å². The summed E-state index contributed by atoms with van der Waals surface area (Å²) in [6.45, 7) is 4.33. The summed E-state index contributed by atoms with van der Waals surface area (Å²) in [7, 11) is 1.76. The summed E-state index contributed by atoms with van der Waals surface area (Å²) in [5, 5.41) is 0.166. The number of benzene rings is 2. The summed E-state index contributed by atoms with van der Waals surface area (Å²) in [6, 6.07) is 11.5. The number of carbonyl (C=O) groups excluding carboxylic acids is 2. The third kappa shape index (κ3) is 5.65. The molecule has 37 heavy (non-hydrogen) atoms. The standard InChI is InChI=1S/C27H27Cl2FN4O3/c1-15(24-21(28)8-9-22(30)25(24)29)37-23-12-19(13-32-26(23)31)17-4-6-18(7-5-17)27(36)34-11-10-20(14-34)33(3)16(2)35/h4-9,12-13,15,20H,10-11,14H2,1-3H3,(H2,31,32)/t15-,20?/m0/s1. The lowest BCUT2D eigenvalue weighted by Crippen LogP contribution is -2.38. The maximum Gasteiger partial charge on any atom is 0.253 e. The molecule has 10 heteroatoms. The molecule has 1 aromatic heterocycles. The van der Waals surface area contributed by atoms with Gasteiger partial charge >= 0.3 is 0 Å². The molecule has 1 aliphatic rings. The highest BCUT2D eigenvalue weighted by Gasteiger charge is 2.30. The average molecular weight is 545 g/mol. The van der Waals surface area contributed by atoms with Crippen LogP contribution in [0.2, 0.25) is 10.0 Å². The van der Waals surface area contributed by atoms with Gasteiger partial charge in [0.05, 0.1) is 11.1 Å². The minimum absolute atomic E-state index is 0.0133. The number of halogens is 3. The minimum atomic E-state index is -0.693. The first-order valence-electron chi connectivity index (χ1n) is 11.8. The van der Waals surface area contributed by atoms with Gasteiger partial charge in [-0.05, 0) is 49.2 Å². The van der Waals surface area contributed by atoms with Crippen LogP contribution in [0.3, 0.4) is 0 Å². The first kappa shape index (κ1) is 26.7. The quantitative estimate of drug-likeness (QED) is 0.407. The molecule has 1 fully saturated rings. The average Bonchev–Trinajstić information content (AvgIpc) is 3.37. The summed E-state index contributed by atoms with van der Waals surface area (Å²) >= 11 is 12.3. The molecular weight excluding hydrogens is 518 g/mol. The van der Waals surface area contributed by atoms with E-state index in [1.165, 1.54) is 19.1 Å². The van der Waals surface area contributed by atoms with Gasteiger partial charge in [-0.3, -0.25) is 9.59 Å². The van der Waals surface area contributed by atoms with E-state index < -0.39 is 11.9 Å². The monoisotopic (exact) mass is 544 g/mol. The maximum absolute atomic E-state index is 14.0. The zero-order valence-electron chi connectivity index (χ0n) is 20.7. The summed E-state index contributed by atoms with van der Waals surface area (Å²) in [5.74, 6) is -0.241. The largest absolute Gasteiger partial charge is 0.482 e. The molecule has 2 atom stereocenters. The van der Waals surface area contributed by atoms with Gasteiger partial charge in [0.15, 0.2) is 11.6 Å². The first-order chi connectivity index (χ1) is 17.6. The van der Waals surface area contributed by atoms with Crippen LogP contribution in [0.4, 0.5) is 10.2 Å². The van der Waals surface area contributed by atoms with Crippen LogP contribution in [0.15, 0.2) is 48.7 Å². The second kappa shape index (κ2) is 10.9. The highest BCUT2D eigenvalue weighted by Crippen LogP contribution is 2.37. The van der Waals surface area contributed by atoms with E-state index in [4.69, 9.17) is 33.7 Å². The predicted molar refractivity (Wildman–Crippen MR) is 142 cm³/mol. The van der Waals surface area contributed by atoms with Gasteiger partial charge in [0.25, 0.3) is 5.91 Å². The van der Waals surface area contributed by atoms with Gasteiger partial charge in [-0.2, -0.15) is 0 Å². The molecule has 0 aliphatic carbocycles. The lowest BCUT2D eigenvalue weighted by Gasteiger charge is -2.23. The molecule has 2 heterocycles. The van der Waals surface area contributed by atoms with Crippen LogP contribution >= 0.6 is 23.2 Å². The van der Waals surface area contributed by atoms with Crippen LogP contribution in [-0.4, -0.2) is 52.8 Å². The number of hydrogen-bond acceptors (Lipinski definition) is 5. The Hall–Kier alpha value is -3.36. The van der Waals surface area contributed by atoms with E-state index in [0.29, 0.717) is 30.0 Å². The number of ether oxygens (including phenoxy) is 1. The lowest BCUT2D eigenvalue weighted by molar-refractivity contribution is -0.129. The van der Waals surface area contributed by atoms with Crippen molar-refractivity contribution >= 4 is 40.8 Å². The highest BCUT2D eigenvalue weighted by molar-refractivity contribution is 6.36. The number of aromatic nitrogens is 1. The summed E-state index contributed by atoms with van der Waals surface area (Å²) in [4.78, 5) is 32.3. The van der Waals surface area contributed by atoms with Crippen molar-refractivity contribution in [2.45, 2.75) is 32.4 Å². The number of carbonyl (C=O) groups is 2. The van der Waals surface area contributed by atoms with Crippen molar-refractivity contribution in [3.05, 3.63) is 75.7 Å². The molecule has 2 aromatic carbocycles. The summed E-state index contributed by atoms with van der Waals surface area (Å²) < 4.78 is 19.9. The fourth-order valence-corrected chi connectivity index (χ4v) is 5.04. The number of anilines is 1. The molecule has 1 saturated heterocycles. The fraction of sp³-hybridized carbons (Fsp3) is 0.296. The fourth-order valence-electron chi connectivity index (χ4n) is 4.36. The topological polar surface area (TPSA) is 88.8 Å². The summed E-state index contributed by atoms with van der Waals surface area (Å²) in [5.41, 5.74) is 8.43. The molecule has 7 nitrogen and oxygen atoms in total. The van der Waals surface area contributed by atoms with Crippen molar-refractivity contribution in [3.8, 4) is 16.9 Å². The third-order valence-corrected chi connectivity index (χ3v) is 7.35. The molecule has 0 spiro atoms. The summed E-state index contributed by atoms with van der Waals surface area (Å²) in [6.07, 6.45) is 1.67. The molecular formula is C27H27Cl2FN4O3. The molecule has 1 aliphatic heterocycles. The number of likely N-dealkylation sites (N-methyl/N-ethyl adjacent to an activating group) is 1. The number of nitrogens with two attached hydrogens (primary N) is 1. The number of nitrogen functional groups attached to an aromatic ring is 1. The third-order valence-electron chi connectivity index (χ3n) is 6.63. The van der Waals surface area contributed by atoms with Gasteiger partial charge in [0, 0.05) is 55.0 Å². The van der Waals surface area contributed by atoms with Crippen LogP contribution in [0.25, 0.3) is 11.1 Å². The van der Waals surface area contributed by atoms with E-state index in [0.717, 1.165) is 17.5 Å². The Morgan fingerprint density at radius 3 is 2.57 bits per heavy atom. The van der Waals surface area contributed by atoms with Gasteiger partial charge in [0.1, 0.15) is 11.9 Å². The second-order valence-corrected chi connectivity index (χ2v) is 9.81. The second-order valence-electron chi connectivity index (χ2n) is 9.03. The van der Waals surface area contributed by atoms with Gasteiger partial charge in [-0.15, -0.1) is 0 Å². The van der Waals surface area contributed by atoms with Crippen LogP contribution in [0.5, 0.6) is 5.75 Å². The minimum Gasteiger partial charge on any atom is -0.482 e. The number of pyridine rings is 1. The van der Waals surface area contributed by atoms with Crippen molar-refractivity contribution in [1.82, 2.24) is 14.8 Å². The van der Waals surface area contributed by atoms with Crippen LogP contribution < -0.4 is 10.5 Å². The SMILES string of the molecule is CC(=O)N(C)C1CCN(C(=O)c2ccc(-c3cnc(N)c(O[C@@H](C)c4c(Cl)ccc(F)c4Cl)c3)cc2)C1. The Kier molecular flexibility index (Phi) is 7.90. The van der Waals surface area contributed by atoms with Crippen molar-refractivity contribution < 1.29 is 18.7 Å². The van der Waals surface area contributed by atoms with E-state index in [1.54, 1.807) is 48.2 Å². The molecule has 1 unspecified atom stereocenters. The van der Waals surface area contributed by atoms with Gasteiger partial charge in [0.2, 0.25) is 5.91 Å². The Bertz CT molecular complexity index is 1340. The van der Waals surface area contributed by atoms with E-state index in [-0.39, 0.29) is 33.7 Å². The van der Waals surface area contributed by atoms with Crippen molar-refractivity contribution in [2.24, 2.45) is 0 Å². The molecule has 0 saturated carbocycles. The maximum atomic E-state index is 14.0. The predicted octanol–water partition coefficient (Wildman–Crippen LogP) is 5.61. The van der Waals surface area contributed by atoms with Gasteiger partial charge in [-0.1, -0.05) is 35.3 Å². The van der Waals surface area contributed by atoms with Crippen molar-refractivity contribution in [1.29, 1.82) is 0 Å². The van der Waals surface area contributed by atoms with Gasteiger partial charge < -0.3 is 20.3 Å². The molecule has 3 aromatic rings. The number of likely N-dealkylation sites (tertiary alicyclic amines) is 1. The Balaban J connectivity index is 1.50. The molecule has 4 rings (SSSR count). The first-order valence-corrected chi connectivity index (χ1v) is 12.5. The van der Waals surface area contributed by atoms with E-state index in [1.807, 2.05) is 12.1 Å². The Morgan fingerprint density at radius 2 is 1.89 bits per heavy atom. The number of rotatable bonds is 6. The highest BCUT2D eigenvalue weighted by atomic mass is 35.5. The zero-order chi connectivity index (χ0) is 26.9. The lowest BCUT2D eigenvalue weighted by atomic mass is 10.0. The van der Waals surface area contributed by atoms with Gasteiger partial charge in [-0.25, -0.2) is 9.37 Å². The van der Waals surface area contributed by atoms with Crippen molar-refractivity contribution in [2.75, 3.05) is 25.9 Å². The van der Waals surface area contributed by atoms with Crippen LogP contribution in [-0.2, 0) is 4.79 Å². The molecule has 0 radical (unpaired) electrons. The zero-order valence-corrected chi connectivity index (χ0v) is 22.2. The Labute approximate surface area is 224 Å².